The number of aromatic nitrogens is 1. The van der Waals surface area contributed by atoms with Crippen LogP contribution in [0.2, 0.25) is 5.15 Å². The van der Waals surface area contributed by atoms with Gasteiger partial charge in [-0.25, -0.2) is 0 Å². The van der Waals surface area contributed by atoms with E-state index in [1.165, 1.54) is 16.5 Å². The van der Waals surface area contributed by atoms with Crippen LogP contribution in [0.4, 0.5) is 0 Å². The summed E-state index contributed by atoms with van der Waals surface area (Å²) < 4.78 is 2.13. The zero-order valence-electron chi connectivity index (χ0n) is 7.84. The average molecular weight is 194 g/mol. The van der Waals surface area contributed by atoms with E-state index >= 15 is 0 Å². The Labute approximate surface area is 82.9 Å². The highest BCUT2D eigenvalue weighted by Gasteiger charge is 2.09. The van der Waals surface area contributed by atoms with Crippen LogP contribution in [-0.2, 0) is 6.54 Å². The Morgan fingerprint density at radius 2 is 2.00 bits per heavy atom. The predicted molar refractivity (Wildman–Crippen MR) is 57.4 cm³/mol. The third-order valence-corrected chi connectivity index (χ3v) is 2.95. The average Bonchev–Trinajstić information content (AvgIpc) is 2.41. The highest BCUT2D eigenvalue weighted by molar-refractivity contribution is 6.32. The van der Waals surface area contributed by atoms with Gasteiger partial charge in [0.2, 0.25) is 0 Å². The smallest absolute Gasteiger partial charge is 0.112 e. The molecule has 0 aliphatic heterocycles. The maximum atomic E-state index is 6.20. The van der Waals surface area contributed by atoms with Crippen molar-refractivity contribution < 1.29 is 0 Å². The van der Waals surface area contributed by atoms with Gasteiger partial charge in [0.05, 0.1) is 0 Å². The van der Waals surface area contributed by atoms with Gasteiger partial charge in [-0.3, -0.25) is 0 Å². The summed E-state index contributed by atoms with van der Waals surface area (Å²) in [6.07, 6.45) is 0. The number of para-hydroxylation sites is 1. The van der Waals surface area contributed by atoms with Crippen LogP contribution in [-0.4, -0.2) is 4.57 Å². The lowest BCUT2D eigenvalue weighted by atomic mass is 10.2. The summed E-state index contributed by atoms with van der Waals surface area (Å²) in [6.45, 7) is 5.10. The summed E-state index contributed by atoms with van der Waals surface area (Å²) >= 11 is 6.20. The molecular weight excluding hydrogens is 182 g/mol. The van der Waals surface area contributed by atoms with E-state index in [4.69, 9.17) is 11.6 Å². The van der Waals surface area contributed by atoms with Crippen LogP contribution >= 0.6 is 11.6 Å². The first-order chi connectivity index (χ1) is 6.25. The lowest BCUT2D eigenvalue weighted by molar-refractivity contribution is 0.796. The van der Waals surface area contributed by atoms with E-state index in [9.17, 15) is 0 Å². The fraction of sp³-hybridized carbons (Fsp3) is 0.273. The third kappa shape index (κ3) is 1.15. The van der Waals surface area contributed by atoms with E-state index in [2.05, 4.69) is 30.5 Å². The molecule has 0 N–H and O–H groups in total. The van der Waals surface area contributed by atoms with E-state index in [1.54, 1.807) is 0 Å². The molecule has 0 atom stereocenters. The monoisotopic (exact) mass is 193 g/mol. The lowest BCUT2D eigenvalue weighted by Gasteiger charge is -2.01. The molecule has 0 fully saturated rings. The molecule has 1 aromatic carbocycles. The molecular formula is C11H12ClN. The SMILES string of the molecule is CCn1c(Cl)c(C)c2ccccc21. The Morgan fingerprint density at radius 1 is 1.31 bits per heavy atom. The van der Waals surface area contributed by atoms with Crippen LogP contribution in [0.15, 0.2) is 24.3 Å². The molecule has 0 unspecified atom stereocenters. The third-order valence-electron chi connectivity index (χ3n) is 2.46. The summed E-state index contributed by atoms with van der Waals surface area (Å²) in [4.78, 5) is 0. The first kappa shape index (κ1) is 8.64. The molecule has 0 aliphatic carbocycles. The minimum absolute atomic E-state index is 0.865. The van der Waals surface area contributed by atoms with Crippen LogP contribution in [0.5, 0.6) is 0 Å². The molecule has 0 spiro atoms. The number of hydrogen-bond donors (Lipinski definition) is 0. The van der Waals surface area contributed by atoms with Gasteiger partial charge >= 0.3 is 0 Å². The second-order valence-corrected chi connectivity index (χ2v) is 3.54. The fourth-order valence-corrected chi connectivity index (χ4v) is 2.07. The minimum Gasteiger partial charge on any atom is -0.332 e. The van der Waals surface area contributed by atoms with Crippen molar-refractivity contribution in [1.29, 1.82) is 0 Å². The lowest BCUT2D eigenvalue weighted by Crippen LogP contribution is -1.92. The van der Waals surface area contributed by atoms with Crippen molar-refractivity contribution in [3.63, 3.8) is 0 Å². The van der Waals surface area contributed by atoms with Crippen LogP contribution < -0.4 is 0 Å². The maximum absolute atomic E-state index is 6.20. The van der Waals surface area contributed by atoms with Crippen LogP contribution in [0, 0.1) is 6.92 Å². The minimum atomic E-state index is 0.865. The topological polar surface area (TPSA) is 4.93 Å². The molecule has 0 saturated carbocycles. The van der Waals surface area contributed by atoms with Crippen LogP contribution in [0.1, 0.15) is 12.5 Å². The summed E-state index contributed by atoms with van der Waals surface area (Å²) in [5.74, 6) is 0. The molecule has 0 bridgehead atoms. The van der Waals surface area contributed by atoms with Gasteiger partial charge in [0, 0.05) is 17.4 Å². The van der Waals surface area contributed by atoms with Crippen molar-refractivity contribution in [2.45, 2.75) is 20.4 Å². The predicted octanol–water partition coefficient (Wildman–Crippen LogP) is 3.62. The molecule has 0 aliphatic rings. The fourth-order valence-electron chi connectivity index (χ4n) is 1.75. The van der Waals surface area contributed by atoms with Crippen molar-refractivity contribution in [3.05, 3.63) is 35.0 Å². The van der Waals surface area contributed by atoms with E-state index in [0.717, 1.165) is 11.7 Å². The van der Waals surface area contributed by atoms with E-state index in [-0.39, 0.29) is 0 Å². The summed E-state index contributed by atoms with van der Waals surface area (Å²) in [5.41, 5.74) is 2.41. The molecule has 1 aromatic heterocycles. The van der Waals surface area contributed by atoms with E-state index in [1.807, 2.05) is 12.1 Å². The Morgan fingerprint density at radius 3 is 2.69 bits per heavy atom. The molecule has 68 valence electrons. The zero-order chi connectivity index (χ0) is 9.42. The molecule has 2 heteroatoms. The second kappa shape index (κ2) is 3.08. The van der Waals surface area contributed by atoms with Crippen molar-refractivity contribution in [1.82, 2.24) is 4.57 Å². The number of hydrogen-bond acceptors (Lipinski definition) is 0. The molecule has 0 amide bonds. The molecule has 1 nitrogen and oxygen atoms in total. The van der Waals surface area contributed by atoms with E-state index in [0.29, 0.717) is 0 Å². The molecule has 0 radical (unpaired) electrons. The van der Waals surface area contributed by atoms with Gasteiger partial charge in [0.1, 0.15) is 5.15 Å². The van der Waals surface area contributed by atoms with Crippen LogP contribution in [0.25, 0.3) is 10.9 Å². The molecule has 2 aromatic rings. The van der Waals surface area contributed by atoms with Gasteiger partial charge in [-0.05, 0) is 25.5 Å². The molecule has 13 heavy (non-hydrogen) atoms. The normalized spacial score (nSPS) is 11.0. The van der Waals surface area contributed by atoms with Gasteiger partial charge < -0.3 is 4.57 Å². The second-order valence-electron chi connectivity index (χ2n) is 3.18. The van der Waals surface area contributed by atoms with Gasteiger partial charge in [0.15, 0.2) is 0 Å². The number of aryl methyl sites for hydroxylation is 2. The van der Waals surface area contributed by atoms with Gasteiger partial charge in [-0.15, -0.1) is 0 Å². The quantitative estimate of drug-likeness (QED) is 0.652. The number of rotatable bonds is 1. The summed E-state index contributed by atoms with van der Waals surface area (Å²) in [5, 5.41) is 2.12. The summed E-state index contributed by atoms with van der Waals surface area (Å²) in [6, 6.07) is 8.32. The first-order valence-electron chi connectivity index (χ1n) is 4.49. The van der Waals surface area contributed by atoms with E-state index < -0.39 is 0 Å². The molecule has 0 saturated heterocycles. The largest absolute Gasteiger partial charge is 0.332 e. The molecule has 2 rings (SSSR count). The zero-order valence-corrected chi connectivity index (χ0v) is 8.60. The number of benzene rings is 1. The molecule has 1 heterocycles. The Bertz CT molecular complexity index is 443. The van der Waals surface area contributed by atoms with Crippen molar-refractivity contribution in [2.24, 2.45) is 0 Å². The van der Waals surface area contributed by atoms with Crippen LogP contribution in [0.3, 0.4) is 0 Å². The Hall–Kier alpha value is -0.950. The standard InChI is InChI=1S/C11H12ClN/c1-3-13-10-7-5-4-6-9(10)8(2)11(13)12/h4-7H,3H2,1-2H3. The number of fused-ring (bicyclic) bond motifs is 1. The Kier molecular flexibility index (Phi) is 2.04. The Balaban J connectivity index is 2.90. The first-order valence-corrected chi connectivity index (χ1v) is 4.86. The highest BCUT2D eigenvalue weighted by Crippen LogP contribution is 2.28. The van der Waals surface area contributed by atoms with Crippen molar-refractivity contribution >= 4 is 22.5 Å². The van der Waals surface area contributed by atoms with Gasteiger partial charge in [-0.1, -0.05) is 29.8 Å². The highest BCUT2D eigenvalue weighted by atomic mass is 35.5. The maximum Gasteiger partial charge on any atom is 0.112 e. The number of halogens is 1. The van der Waals surface area contributed by atoms with Crippen molar-refractivity contribution in [2.75, 3.05) is 0 Å². The number of nitrogens with zero attached hydrogens (tertiary/aromatic N) is 1. The van der Waals surface area contributed by atoms with Crippen molar-refractivity contribution in [3.8, 4) is 0 Å². The van der Waals surface area contributed by atoms with Gasteiger partial charge in [0.25, 0.3) is 0 Å². The van der Waals surface area contributed by atoms with Gasteiger partial charge in [-0.2, -0.15) is 0 Å². The summed E-state index contributed by atoms with van der Waals surface area (Å²) in [7, 11) is 0.